The van der Waals surface area contributed by atoms with Gasteiger partial charge < -0.3 is 4.74 Å². The van der Waals surface area contributed by atoms with Crippen molar-refractivity contribution < 1.29 is 14.3 Å². The van der Waals surface area contributed by atoms with Gasteiger partial charge in [-0.15, -0.1) is 0 Å². The highest BCUT2D eigenvalue weighted by molar-refractivity contribution is 5.78. The minimum Gasteiger partial charge on any atom is -0.445 e. The van der Waals surface area contributed by atoms with Crippen LogP contribution >= 0.6 is 0 Å². The molecule has 1 aromatic rings. The van der Waals surface area contributed by atoms with Gasteiger partial charge in [0, 0.05) is 19.9 Å². The fraction of sp³-hybridized carbons (Fsp3) is 0.385. The third-order valence-electron chi connectivity index (χ3n) is 2.74. The molecule has 1 atom stereocenters. The summed E-state index contributed by atoms with van der Waals surface area (Å²) >= 11 is 0. The average molecular weight is 248 g/mol. The van der Waals surface area contributed by atoms with Crippen molar-refractivity contribution >= 4 is 11.9 Å². The Bertz CT molecular complexity index is 433. The maximum absolute atomic E-state index is 11.8. The zero-order valence-corrected chi connectivity index (χ0v) is 10.3. The lowest BCUT2D eigenvalue weighted by Crippen LogP contribution is -2.58. The lowest BCUT2D eigenvalue weighted by atomic mass is 10.1. The Kier molecular flexibility index (Phi) is 3.94. The molecule has 1 amide bonds. The number of amides is 1. The van der Waals surface area contributed by atoms with Gasteiger partial charge in [-0.25, -0.2) is 0 Å². The van der Waals surface area contributed by atoms with Crippen LogP contribution in [0.3, 0.4) is 0 Å². The molecule has 5 nitrogen and oxygen atoms in total. The van der Waals surface area contributed by atoms with Crippen LogP contribution in [0, 0.1) is 0 Å². The third kappa shape index (κ3) is 3.30. The molecule has 1 aliphatic heterocycles. The fourth-order valence-electron chi connectivity index (χ4n) is 1.79. The minimum atomic E-state index is -0.331. The molecule has 0 bridgehead atoms. The van der Waals surface area contributed by atoms with E-state index in [9.17, 15) is 9.59 Å². The van der Waals surface area contributed by atoms with E-state index in [4.69, 9.17) is 4.74 Å². The first-order chi connectivity index (χ1) is 8.65. The van der Waals surface area contributed by atoms with E-state index in [1.807, 2.05) is 30.3 Å². The highest BCUT2D eigenvalue weighted by Gasteiger charge is 2.31. The molecular formula is C13H16N2O3. The number of rotatable bonds is 4. The molecule has 0 aromatic heterocycles. The molecule has 0 spiro atoms. The molecule has 0 saturated carbocycles. The van der Waals surface area contributed by atoms with Gasteiger partial charge in [0.2, 0.25) is 5.91 Å². The Morgan fingerprint density at radius 1 is 1.39 bits per heavy atom. The van der Waals surface area contributed by atoms with Crippen molar-refractivity contribution in [1.82, 2.24) is 10.4 Å². The van der Waals surface area contributed by atoms with E-state index in [2.05, 4.69) is 5.43 Å². The molecule has 5 heteroatoms. The molecule has 96 valence electrons. The summed E-state index contributed by atoms with van der Waals surface area (Å²) in [6, 6.07) is 9.51. The van der Waals surface area contributed by atoms with Crippen molar-refractivity contribution in [2.24, 2.45) is 0 Å². The minimum absolute atomic E-state index is 0.0990. The molecule has 0 radical (unpaired) electrons. The SMILES string of the molecule is CC(=O)OC1CCN1NC(=O)Cc1ccccc1. The smallest absolute Gasteiger partial charge is 0.304 e. The molecular weight excluding hydrogens is 232 g/mol. The van der Waals surface area contributed by atoms with E-state index in [0.717, 1.165) is 12.0 Å². The van der Waals surface area contributed by atoms with Gasteiger partial charge in [0.1, 0.15) is 0 Å². The molecule has 1 fully saturated rings. The summed E-state index contributed by atoms with van der Waals surface area (Å²) in [6.45, 7) is 2.07. The van der Waals surface area contributed by atoms with Crippen molar-refractivity contribution in [2.75, 3.05) is 6.54 Å². The second-order valence-electron chi connectivity index (χ2n) is 4.24. The highest BCUT2D eigenvalue weighted by atomic mass is 16.6. The standard InChI is InChI=1S/C13H16N2O3/c1-10(16)18-13-7-8-15(13)14-12(17)9-11-5-3-2-4-6-11/h2-6,13H,7-9H2,1H3,(H,14,17). The van der Waals surface area contributed by atoms with Crippen molar-refractivity contribution in [3.8, 4) is 0 Å². The number of hydrogen-bond acceptors (Lipinski definition) is 4. The Hall–Kier alpha value is -1.88. The topological polar surface area (TPSA) is 58.6 Å². The number of hydrazine groups is 1. The zero-order chi connectivity index (χ0) is 13.0. The van der Waals surface area contributed by atoms with Crippen LogP contribution < -0.4 is 5.43 Å². The number of benzene rings is 1. The molecule has 1 aromatic carbocycles. The second kappa shape index (κ2) is 5.64. The van der Waals surface area contributed by atoms with Gasteiger partial charge in [0.15, 0.2) is 6.23 Å². The van der Waals surface area contributed by atoms with E-state index < -0.39 is 0 Å². The average Bonchev–Trinajstić information content (AvgIpc) is 2.33. The van der Waals surface area contributed by atoms with Crippen LogP contribution in [0.25, 0.3) is 0 Å². The highest BCUT2D eigenvalue weighted by Crippen LogP contribution is 2.15. The number of nitrogens with one attached hydrogen (secondary N) is 1. The molecule has 1 aliphatic rings. The normalized spacial score (nSPS) is 18.8. The number of carbonyl (C=O) groups is 2. The molecule has 1 saturated heterocycles. The number of hydrogen-bond donors (Lipinski definition) is 1. The van der Waals surface area contributed by atoms with E-state index in [1.54, 1.807) is 5.01 Å². The second-order valence-corrected chi connectivity index (χ2v) is 4.24. The summed E-state index contributed by atoms with van der Waals surface area (Å²) in [5, 5.41) is 1.65. The monoisotopic (exact) mass is 248 g/mol. The number of carbonyl (C=O) groups excluding carboxylic acids is 2. The van der Waals surface area contributed by atoms with Gasteiger partial charge in [-0.3, -0.25) is 15.0 Å². The summed E-state index contributed by atoms with van der Waals surface area (Å²) < 4.78 is 5.02. The summed E-state index contributed by atoms with van der Waals surface area (Å²) in [5.41, 5.74) is 3.70. The van der Waals surface area contributed by atoms with Crippen molar-refractivity contribution in [3.63, 3.8) is 0 Å². The lowest BCUT2D eigenvalue weighted by Gasteiger charge is -2.39. The van der Waals surface area contributed by atoms with E-state index in [-0.39, 0.29) is 18.1 Å². The largest absolute Gasteiger partial charge is 0.445 e. The van der Waals surface area contributed by atoms with Gasteiger partial charge in [-0.05, 0) is 5.56 Å². The Balaban J connectivity index is 1.80. The maximum Gasteiger partial charge on any atom is 0.304 e. The zero-order valence-electron chi connectivity index (χ0n) is 10.3. The van der Waals surface area contributed by atoms with Crippen molar-refractivity contribution in [3.05, 3.63) is 35.9 Å². The number of nitrogens with zero attached hydrogens (tertiary/aromatic N) is 1. The number of ether oxygens (including phenoxy) is 1. The van der Waals surface area contributed by atoms with Crippen LogP contribution in [0.1, 0.15) is 18.9 Å². The fourth-order valence-corrected chi connectivity index (χ4v) is 1.79. The molecule has 18 heavy (non-hydrogen) atoms. The van der Waals surface area contributed by atoms with Gasteiger partial charge in [-0.2, -0.15) is 5.01 Å². The quantitative estimate of drug-likeness (QED) is 0.803. The van der Waals surface area contributed by atoms with Crippen LogP contribution in [0.15, 0.2) is 30.3 Å². The maximum atomic E-state index is 11.8. The first-order valence-electron chi connectivity index (χ1n) is 5.92. The summed E-state index contributed by atoms with van der Waals surface area (Å²) in [4.78, 5) is 22.6. The van der Waals surface area contributed by atoms with Gasteiger partial charge in [0.25, 0.3) is 0 Å². The van der Waals surface area contributed by atoms with Gasteiger partial charge >= 0.3 is 5.97 Å². The van der Waals surface area contributed by atoms with E-state index in [1.165, 1.54) is 6.92 Å². The van der Waals surface area contributed by atoms with Crippen molar-refractivity contribution in [2.45, 2.75) is 26.0 Å². The molecule has 2 rings (SSSR count). The van der Waals surface area contributed by atoms with Crippen LogP contribution in [0.2, 0.25) is 0 Å². The Labute approximate surface area is 106 Å². The molecule has 1 N–H and O–H groups in total. The van der Waals surface area contributed by atoms with Gasteiger partial charge in [0.05, 0.1) is 6.42 Å². The molecule has 0 aliphatic carbocycles. The van der Waals surface area contributed by atoms with E-state index in [0.29, 0.717) is 13.0 Å². The predicted octanol–water partition coefficient (Wildman–Crippen LogP) is 0.855. The van der Waals surface area contributed by atoms with Crippen LogP contribution in [0.5, 0.6) is 0 Å². The summed E-state index contributed by atoms with van der Waals surface area (Å²) in [5.74, 6) is -0.430. The van der Waals surface area contributed by atoms with Gasteiger partial charge in [-0.1, -0.05) is 30.3 Å². The lowest BCUT2D eigenvalue weighted by molar-refractivity contribution is -0.181. The van der Waals surface area contributed by atoms with Crippen molar-refractivity contribution in [1.29, 1.82) is 0 Å². The molecule has 1 unspecified atom stereocenters. The Morgan fingerprint density at radius 2 is 2.11 bits per heavy atom. The summed E-state index contributed by atoms with van der Waals surface area (Å²) in [7, 11) is 0. The Morgan fingerprint density at radius 3 is 2.67 bits per heavy atom. The molecule has 1 heterocycles. The summed E-state index contributed by atoms with van der Waals surface area (Å²) in [6.07, 6.45) is 0.761. The van der Waals surface area contributed by atoms with Crippen LogP contribution in [-0.2, 0) is 20.7 Å². The predicted molar refractivity (Wildman–Crippen MR) is 65.2 cm³/mol. The van der Waals surface area contributed by atoms with Crippen LogP contribution in [0.4, 0.5) is 0 Å². The third-order valence-corrected chi connectivity index (χ3v) is 2.74. The van der Waals surface area contributed by atoms with E-state index >= 15 is 0 Å². The first kappa shape index (κ1) is 12.6. The van der Waals surface area contributed by atoms with Crippen LogP contribution in [-0.4, -0.2) is 29.7 Å². The number of esters is 1. The first-order valence-corrected chi connectivity index (χ1v) is 5.92.